The number of carbonyl (C=O) groups is 2. The second-order valence-electron chi connectivity index (χ2n) is 11.1. The molecular formula is C36H38BrN3O3. The Kier molecular flexibility index (Phi) is 10.6. The van der Waals surface area contributed by atoms with Gasteiger partial charge in [-0.25, -0.2) is 0 Å². The summed E-state index contributed by atoms with van der Waals surface area (Å²) in [5.41, 5.74) is 5.64. The molecule has 6 nitrogen and oxygen atoms in total. The Morgan fingerprint density at radius 2 is 1.51 bits per heavy atom. The number of amides is 2. The number of likely N-dealkylation sites (tertiary alicyclic amines) is 1. The van der Waals surface area contributed by atoms with E-state index in [0.717, 1.165) is 51.9 Å². The summed E-state index contributed by atoms with van der Waals surface area (Å²) in [5, 5.41) is 12.7. The molecule has 0 unspecified atom stereocenters. The molecule has 0 atom stereocenters. The van der Waals surface area contributed by atoms with E-state index in [0.29, 0.717) is 38.0 Å². The van der Waals surface area contributed by atoms with Crippen molar-refractivity contribution >= 4 is 27.7 Å². The van der Waals surface area contributed by atoms with Crippen molar-refractivity contribution in [2.75, 3.05) is 32.7 Å². The Labute approximate surface area is 262 Å². The Morgan fingerprint density at radius 3 is 2.28 bits per heavy atom. The van der Waals surface area contributed by atoms with Crippen molar-refractivity contribution in [1.29, 1.82) is 0 Å². The standard InChI is InChI=1S/C36H38BrN3O3/c37-33-11-4-6-28(23-33)24-35(42)40(20-16-27-12-14-34(41)15-13-27)26-29-7-3-8-30(22-29)31-9-5-10-32(25-31)36(43)38-17-21-39-18-1-2-19-39/h3-15,22-23,25,41H,1-2,16-21,24,26H2,(H,38,43). The summed E-state index contributed by atoms with van der Waals surface area (Å²) in [7, 11) is 0. The Bertz CT molecular complexity index is 1530. The zero-order valence-corrected chi connectivity index (χ0v) is 25.9. The van der Waals surface area contributed by atoms with Gasteiger partial charge in [-0.2, -0.15) is 0 Å². The normalized spacial score (nSPS) is 13.1. The highest BCUT2D eigenvalue weighted by Crippen LogP contribution is 2.23. The second kappa shape index (κ2) is 15.0. The highest BCUT2D eigenvalue weighted by Gasteiger charge is 2.17. The molecule has 0 aromatic heterocycles. The third-order valence-corrected chi connectivity index (χ3v) is 8.37. The molecule has 1 aliphatic rings. The van der Waals surface area contributed by atoms with Crippen molar-refractivity contribution in [2.24, 2.45) is 0 Å². The van der Waals surface area contributed by atoms with E-state index >= 15 is 0 Å². The van der Waals surface area contributed by atoms with Gasteiger partial charge in [0.2, 0.25) is 5.91 Å². The number of phenols is 1. The van der Waals surface area contributed by atoms with E-state index in [-0.39, 0.29) is 17.6 Å². The topological polar surface area (TPSA) is 72.9 Å². The third-order valence-electron chi connectivity index (χ3n) is 7.87. The van der Waals surface area contributed by atoms with Crippen LogP contribution in [0.15, 0.2) is 102 Å². The summed E-state index contributed by atoms with van der Waals surface area (Å²) >= 11 is 3.51. The van der Waals surface area contributed by atoms with Gasteiger partial charge in [-0.05, 0) is 103 Å². The van der Waals surface area contributed by atoms with Crippen LogP contribution in [0.2, 0.25) is 0 Å². The second-order valence-corrected chi connectivity index (χ2v) is 12.0. The molecule has 0 aliphatic carbocycles. The van der Waals surface area contributed by atoms with Gasteiger partial charge in [0, 0.05) is 36.2 Å². The predicted molar refractivity (Wildman–Crippen MR) is 175 cm³/mol. The molecule has 0 radical (unpaired) electrons. The molecular weight excluding hydrogens is 602 g/mol. The molecule has 1 saturated heterocycles. The van der Waals surface area contributed by atoms with Gasteiger partial charge in [0.15, 0.2) is 0 Å². The molecule has 2 amide bonds. The van der Waals surface area contributed by atoms with Crippen LogP contribution in [-0.2, 0) is 24.2 Å². The quantitative estimate of drug-likeness (QED) is 0.187. The lowest BCUT2D eigenvalue weighted by Gasteiger charge is -2.24. The van der Waals surface area contributed by atoms with E-state index in [4.69, 9.17) is 0 Å². The van der Waals surface area contributed by atoms with E-state index in [1.165, 1.54) is 12.8 Å². The fourth-order valence-electron chi connectivity index (χ4n) is 5.50. The molecule has 0 spiro atoms. The van der Waals surface area contributed by atoms with Crippen LogP contribution in [0.4, 0.5) is 0 Å². The molecule has 0 saturated carbocycles. The van der Waals surface area contributed by atoms with Crippen molar-refractivity contribution < 1.29 is 14.7 Å². The average Bonchev–Trinajstić information content (AvgIpc) is 3.54. The van der Waals surface area contributed by atoms with Gasteiger partial charge in [0.1, 0.15) is 5.75 Å². The number of phenolic OH excluding ortho intramolecular Hbond substituents is 1. The summed E-state index contributed by atoms with van der Waals surface area (Å²) in [6.07, 6.45) is 3.47. The number of nitrogens with zero attached hydrogens (tertiary/aromatic N) is 2. The highest BCUT2D eigenvalue weighted by molar-refractivity contribution is 9.10. The number of nitrogens with one attached hydrogen (secondary N) is 1. The number of rotatable bonds is 12. The molecule has 0 bridgehead atoms. The number of carbonyl (C=O) groups excluding carboxylic acids is 2. The van der Waals surface area contributed by atoms with Crippen LogP contribution < -0.4 is 5.32 Å². The molecule has 1 fully saturated rings. The van der Waals surface area contributed by atoms with Crippen LogP contribution in [0, 0.1) is 0 Å². The average molecular weight is 641 g/mol. The molecule has 222 valence electrons. The highest BCUT2D eigenvalue weighted by atomic mass is 79.9. The van der Waals surface area contributed by atoms with Gasteiger partial charge >= 0.3 is 0 Å². The predicted octanol–water partition coefficient (Wildman–Crippen LogP) is 6.46. The van der Waals surface area contributed by atoms with Gasteiger partial charge in [0.25, 0.3) is 5.91 Å². The fraction of sp³-hybridized carbons (Fsp3) is 0.278. The van der Waals surface area contributed by atoms with Crippen LogP contribution in [0.5, 0.6) is 5.75 Å². The largest absolute Gasteiger partial charge is 0.508 e. The number of halogens is 1. The summed E-state index contributed by atoms with van der Waals surface area (Å²) in [6, 6.07) is 30.9. The van der Waals surface area contributed by atoms with Crippen molar-refractivity contribution in [3.8, 4) is 16.9 Å². The maximum Gasteiger partial charge on any atom is 0.251 e. The van der Waals surface area contributed by atoms with Gasteiger partial charge in [-0.1, -0.05) is 70.5 Å². The zero-order chi connectivity index (χ0) is 30.0. The first-order valence-corrected chi connectivity index (χ1v) is 15.7. The van der Waals surface area contributed by atoms with Crippen LogP contribution in [0.25, 0.3) is 11.1 Å². The zero-order valence-electron chi connectivity index (χ0n) is 24.3. The summed E-state index contributed by atoms with van der Waals surface area (Å²) in [4.78, 5) is 30.7. The van der Waals surface area contributed by atoms with Crippen molar-refractivity contribution in [3.63, 3.8) is 0 Å². The molecule has 1 aliphatic heterocycles. The Balaban J connectivity index is 1.28. The molecule has 43 heavy (non-hydrogen) atoms. The maximum absolute atomic E-state index is 13.6. The summed E-state index contributed by atoms with van der Waals surface area (Å²) < 4.78 is 0.948. The van der Waals surface area contributed by atoms with Crippen LogP contribution in [0.3, 0.4) is 0 Å². The lowest BCUT2D eigenvalue weighted by molar-refractivity contribution is -0.131. The van der Waals surface area contributed by atoms with Gasteiger partial charge in [-0.3, -0.25) is 9.59 Å². The van der Waals surface area contributed by atoms with Crippen LogP contribution >= 0.6 is 15.9 Å². The molecule has 7 heteroatoms. The molecule has 5 rings (SSSR count). The smallest absolute Gasteiger partial charge is 0.251 e. The number of hydrogen-bond acceptors (Lipinski definition) is 4. The first-order valence-electron chi connectivity index (χ1n) is 14.9. The maximum atomic E-state index is 13.6. The molecule has 2 N–H and O–H groups in total. The van der Waals surface area contributed by atoms with Gasteiger partial charge in [-0.15, -0.1) is 0 Å². The first kappa shape index (κ1) is 30.5. The van der Waals surface area contributed by atoms with Crippen molar-refractivity contribution in [1.82, 2.24) is 15.1 Å². The molecule has 4 aromatic carbocycles. The SMILES string of the molecule is O=C(NCCN1CCCC1)c1cccc(-c2cccc(CN(CCc3ccc(O)cc3)C(=O)Cc3cccc(Br)c3)c2)c1. The minimum atomic E-state index is -0.0595. The number of benzene rings is 4. The van der Waals surface area contributed by atoms with Crippen molar-refractivity contribution in [3.05, 3.63) is 124 Å². The fourth-order valence-corrected chi connectivity index (χ4v) is 5.94. The number of aromatic hydroxyl groups is 1. The summed E-state index contributed by atoms with van der Waals surface area (Å²) in [6.45, 7) is 4.78. The minimum absolute atomic E-state index is 0.0508. The van der Waals surface area contributed by atoms with E-state index in [1.54, 1.807) is 12.1 Å². The first-order chi connectivity index (χ1) is 20.9. The minimum Gasteiger partial charge on any atom is -0.508 e. The Morgan fingerprint density at radius 1 is 0.814 bits per heavy atom. The third kappa shape index (κ3) is 9.02. The van der Waals surface area contributed by atoms with E-state index in [1.807, 2.05) is 83.8 Å². The lowest BCUT2D eigenvalue weighted by Crippen LogP contribution is -2.33. The van der Waals surface area contributed by atoms with E-state index in [2.05, 4.69) is 32.2 Å². The number of hydrogen-bond donors (Lipinski definition) is 2. The molecule has 1 heterocycles. The Hall–Kier alpha value is -3.94. The van der Waals surface area contributed by atoms with Crippen LogP contribution in [-0.4, -0.2) is 59.4 Å². The van der Waals surface area contributed by atoms with Gasteiger partial charge < -0.3 is 20.2 Å². The monoisotopic (exact) mass is 639 g/mol. The summed E-state index contributed by atoms with van der Waals surface area (Å²) in [5.74, 6) is 0.220. The lowest BCUT2D eigenvalue weighted by atomic mass is 10.0. The van der Waals surface area contributed by atoms with E-state index < -0.39 is 0 Å². The molecule has 4 aromatic rings. The van der Waals surface area contributed by atoms with Crippen molar-refractivity contribution in [2.45, 2.75) is 32.2 Å². The van der Waals surface area contributed by atoms with Gasteiger partial charge in [0.05, 0.1) is 6.42 Å². The van der Waals surface area contributed by atoms with Crippen LogP contribution in [0.1, 0.15) is 39.9 Å². The van der Waals surface area contributed by atoms with E-state index in [9.17, 15) is 14.7 Å².